The van der Waals surface area contributed by atoms with Crippen LogP contribution in [0.1, 0.15) is 22.5 Å². The van der Waals surface area contributed by atoms with Crippen LogP contribution in [0.15, 0.2) is 36.7 Å². The second-order valence-corrected chi connectivity index (χ2v) is 6.41. The highest BCUT2D eigenvalue weighted by molar-refractivity contribution is 5.64. The van der Waals surface area contributed by atoms with E-state index in [0.717, 1.165) is 33.9 Å². The fourth-order valence-corrected chi connectivity index (χ4v) is 2.32. The highest BCUT2D eigenvalue weighted by Crippen LogP contribution is 2.21. The highest BCUT2D eigenvalue weighted by Gasteiger charge is 2.06. The number of hydrogen-bond donors (Lipinski definition) is 0. The van der Waals surface area contributed by atoms with Gasteiger partial charge in [0.1, 0.15) is 0 Å². The predicted molar refractivity (Wildman–Crippen MR) is 102 cm³/mol. The minimum atomic E-state index is 0.900. The molecule has 126 valence electrons. The first-order valence-corrected chi connectivity index (χ1v) is 8.00. The lowest BCUT2D eigenvalue weighted by Crippen LogP contribution is -2.00. The van der Waals surface area contributed by atoms with Crippen molar-refractivity contribution in [2.24, 2.45) is 0 Å². The topological polar surface area (TPSA) is 32.3 Å². The van der Waals surface area contributed by atoms with Gasteiger partial charge in [0.05, 0.1) is 11.4 Å². The van der Waals surface area contributed by atoms with E-state index in [-0.39, 0.29) is 0 Å². The second-order valence-electron chi connectivity index (χ2n) is 6.41. The Labute approximate surface area is 145 Å². The van der Waals surface area contributed by atoms with E-state index in [2.05, 4.69) is 46.4 Å². The van der Waals surface area contributed by atoms with Gasteiger partial charge in [0.2, 0.25) is 0 Å². The zero-order chi connectivity index (χ0) is 17.7. The van der Waals surface area contributed by atoms with E-state index in [1.807, 2.05) is 64.2 Å². The monoisotopic (exact) mass is 322 g/mol. The van der Waals surface area contributed by atoms with Crippen LogP contribution in [0, 0.1) is 13.8 Å². The third kappa shape index (κ3) is 5.23. The Morgan fingerprint density at radius 3 is 1.38 bits per heavy atom. The number of nitrogens with zero attached hydrogens (tertiary/aromatic N) is 4. The number of aromatic nitrogens is 2. The van der Waals surface area contributed by atoms with Gasteiger partial charge in [0.25, 0.3) is 0 Å². The normalized spacial score (nSPS) is 11.4. The lowest BCUT2D eigenvalue weighted by Gasteiger charge is -2.08. The van der Waals surface area contributed by atoms with Crippen molar-refractivity contribution >= 4 is 12.2 Å². The van der Waals surface area contributed by atoms with Gasteiger partial charge >= 0.3 is 0 Å². The maximum atomic E-state index is 4.66. The van der Waals surface area contributed by atoms with Gasteiger partial charge in [-0.3, -0.25) is 9.97 Å². The molecule has 2 rings (SSSR count). The van der Waals surface area contributed by atoms with Gasteiger partial charge in [-0.2, -0.15) is 0 Å². The highest BCUT2D eigenvalue weighted by atomic mass is 15.0. The molecule has 0 atom stereocenters. The number of hydrogen-bond acceptors (Lipinski definition) is 4. The van der Waals surface area contributed by atoms with Crippen LogP contribution in [-0.4, -0.2) is 48.0 Å². The van der Waals surface area contributed by atoms with E-state index in [4.69, 9.17) is 0 Å². The molecule has 0 bridgehead atoms. The molecule has 2 aromatic rings. The van der Waals surface area contributed by atoms with Gasteiger partial charge in [-0.25, -0.2) is 0 Å². The molecule has 0 unspecified atom stereocenters. The summed E-state index contributed by atoms with van der Waals surface area (Å²) >= 11 is 0. The number of pyridine rings is 2. The Balaban J connectivity index is 2.44. The van der Waals surface area contributed by atoms with Gasteiger partial charge < -0.3 is 9.80 Å². The van der Waals surface area contributed by atoms with Crippen LogP contribution in [-0.2, 0) is 0 Å². The molecule has 2 heterocycles. The fourth-order valence-electron chi connectivity index (χ4n) is 2.32. The van der Waals surface area contributed by atoms with Gasteiger partial charge in [0.15, 0.2) is 0 Å². The molecule has 0 saturated heterocycles. The third-order valence-electron chi connectivity index (χ3n) is 3.34. The number of rotatable bonds is 5. The summed E-state index contributed by atoms with van der Waals surface area (Å²) in [7, 11) is 8.04. The summed E-state index contributed by atoms with van der Waals surface area (Å²) in [6.45, 7) is 4.03. The first-order valence-electron chi connectivity index (χ1n) is 8.00. The minimum Gasteiger partial charge on any atom is -0.383 e. The summed E-state index contributed by atoms with van der Waals surface area (Å²) < 4.78 is 0. The molecule has 2 aromatic heterocycles. The Morgan fingerprint density at radius 1 is 0.667 bits per heavy atom. The Kier molecular flexibility index (Phi) is 5.74. The molecule has 0 aliphatic heterocycles. The van der Waals surface area contributed by atoms with Crippen LogP contribution in [0.25, 0.3) is 23.5 Å². The maximum absolute atomic E-state index is 4.66. The molecular weight excluding hydrogens is 296 g/mol. The van der Waals surface area contributed by atoms with Crippen molar-refractivity contribution in [2.75, 3.05) is 28.2 Å². The van der Waals surface area contributed by atoms with Gasteiger partial charge in [-0.05, 0) is 73.8 Å². The Morgan fingerprint density at radius 2 is 1.04 bits per heavy atom. The van der Waals surface area contributed by atoms with Crippen molar-refractivity contribution < 1.29 is 0 Å². The summed E-state index contributed by atoms with van der Waals surface area (Å²) in [5.74, 6) is 0. The van der Waals surface area contributed by atoms with Crippen LogP contribution >= 0.6 is 0 Å². The summed E-state index contributed by atoms with van der Waals surface area (Å²) in [6, 6.07) is 8.31. The van der Waals surface area contributed by atoms with Crippen LogP contribution in [0.2, 0.25) is 0 Å². The molecule has 0 aliphatic rings. The van der Waals surface area contributed by atoms with Crippen molar-refractivity contribution in [1.29, 1.82) is 0 Å². The first kappa shape index (κ1) is 17.7. The molecule has 0 spiro atoms. The molecule has 0 saturated carbocycles. The Bertz CT molecular complexity index is 693. The quantitative estimate of drug-likeness (QED) is 0.837. The fraction of sp³-hybridized carbons (Fsp3) is 0.300. The van der Waals surface area contributed by atoms with E-state index in [1.165, 1.54) is 0 Å². The van der Waals surface area contributed by atoms with Gasteiger partial charge in [0, 0.05) is 39.6 Å². The zero-order valence-corrected chi connectivity index (χ0v) is 15.4. The SMILES string of the molecule is Cc1cc(/C=C/N(C)C)cc(-c2cc(/C=C/N(C)C)cc(C)n2)n1. The van der Waals surface area contributed by atoms with Crippen molar-refractivity contribution in [3.05, 3.63) is 59.2 Å². The van der Waals surface area contributed by atoms with Crippen molar-refractivity contribution in [3.8, 4) is 11.4 Å². The molecule has 0 N–H and O–H groups in total. The molecule has 0 amide bonds. The van der Waals surface area contributed by atoms with Gasteiger partial charge in [-0.1, -0.05) is 0 Å². The molecule has 24 heavy (non-hydrogen) atoms. The molecule has 0 radical (unpaired) electrons. The van der Waals surface area contributed by atoms with E-state index in [1.54, 1.807) is 0 Å². The van der Waals surface area contributed by atoms with Crippen LogP contribution < -0.4 is 0 Å². The van der Waals surface area contributed by atoms with Crippen LogP contribution in [0.3, 0.4) is 0 Å². The molecule has 0 aromatic carbocycles. The van der Waals surface area contributed by atoms with E-state index in [0.29, 0.717) is 0 Å². The number of aryl methyl sites for hydroxylation is 2. The van der Waals surface area contributed by atoms with Crippen LogP contribution in [0.5, 0.6) is 0 Å². The summed E-state index contributed by atoms with van der Waals surface area (Å²) in [4.78, 5) is 13.4. The Hall–Kier alpha value is -2.62. The lowest BCUT2D eigenvalue weighted by atomic mass is 10.1. The predicted octanol–water partition coefficient (Wildman–Crippen LogP) is 3.83. The lowest BCUT2D eigenvalue weighted by molar-refractivity contribution is 0.567. The largest absolute Gasteiger partial charge is 0.383 e. The second kappa shape index (κ2) is 7.77. The minimum absolute atomic E-state index is 0.900. The van der Waals surface area contributed by atoms with Crippen molar-refractivity contribution in [2.45, 2.75) is 13.8 Å². The average Bonchev–Trinajstić information content (AvgIpc) is 2.50. The standard InChI is InChI=1S/C20H26N4/c1-15-11-17(7-9-23(3)4)13-19(21-15)20-14-18(8-10-24(5)6)12-16(2)22-20/h7-14H,1-6H3/b9-7+,10-8+. The smallest absolute Gasteiger partial charge is 0.0895 e. The van der Waals surface area contributed by atoms with E-state index in [9.17, 15) is 0 Å². The van der Waals surface area contributed by atoms with Crippen molar-refractivity contribution in [3.63, 3.8) is 0 Å². The van der Waals surface area contributed by atoms with E-state index < -0.39 is 0 Å². The summed E-state index contributed by atoms with van der Waals surface area (Å²) in [6.07, 6.45) is 8.24. The summed E-state index contributed by atoms with van der Waals surface area (Å²) in [5, 5.41) is 0. The molecule has 4 heteroatoms. The first-order chi connectivity index (χ1) is 11.3. The molecule has 0 fully saturated rings. The maximum Gasteiger partial charge on any atom is 0.0895 e. The zero-order valence-electron chi connectivity index (χ0n) is 15.4. The van der Waals surface area contributed by atoms with Crippen LogP contribution in [0.4, 0.5) is 0 Å². The summed E-state index contributed by atoms with van der Waals surface area (Å²) in [5.41, 5.74) is 6.02. The van der Waals surface area contributed by atoms with Crippen molar-refractivity contribution in [1.82, 2.24) is 19.8 Å². The molecule has 0 aliphatic carbocycles. The van der Waals surface area contributed by atoms with Gasteiger partial charge in [-0.15, -0.1) is 0 Å². The molecular formula is C20H26N4. The molecule has 4 nitrogen and oxygen atoms in total. The van der Waals surface area contributed by atoms with E-state index >= 15 is 0 Å². The third-order valence-corrected chi connectivity index (χ3v) is 3.34. The average molecular weight is 322 g/mol.